The van der Waals surface area contributed by atoms with Gasteiger partial charge in [0.05, 0.1) is 5.69 Å². The van der Waals surface area contributed by atoms with E-state index in [1.807, 2.05) is 65.6 Å². The number of hydrazine groups is 1. The van der Waals surface area contributed by atoms with Crippen LogP contribution in [-0.4, -0.2) is 24.6 Å². The summed E-state index contributed by atoms with van der Waals surface area (Å²) in [7, 11) is 2.01. The summed E-state index contributed by atoms with van der Waals surface area (Å²) < 4.78 is 0. The highest BCUT2D eigenvalue weighted by Crippen LogP contribution is 2.16. The minimum Gasteiger partial charge on any atom is -0.300 e. The zero-order chi connectivity index (χ0) is 13.1. The molecule has 0 unspecified atom stereocenters. The normalized spacial score (nSPS) is 15.8. The molecule has 3 rings (SSSR count). The standard InChI is InChI=1S/C15H16N4/c1-18-12-19(14-10-6-3-7-11-14)17-15(16-18)13-8-4-2-5-9-13/h2-11H,12H2,1H3,(H,16,17). The minimum absolute atomic E-state index is 0.709. The van der Waals surface area contributed by atoms with Crippen LogP contribution in [0.2, 0.25) is 0 Å². The Hall–Kier alpha value is -2.33. The third kappa shape index (κ3) is 2.58. The van der Waals surface area contributed by atoms with Crippen LogP contribution in [0.4, 0.5) is 5.69 Å². The Labute approximate surface area is 112 Å². The fourth-order valence-corrected chi connectivity index (χ4v) is 2.05. The summed E-state index contributed by atoms with van der Waals surface area (Å²) in [5.41, 5.74) is 5.44. The number of nitrogens with one attached hydrogen (secondary N) is 1. The predicted molar refractivity (Wildman–Crippen MR) is 77.7 cm³/mol. The van der Waals surface area contributed by atoms with Gasteiger partial charge in [-0.2, -0.15) is 5.10 Å². The Morgan fingerprint density at radius 3 is 2.26 bits per heavy atom. The molecule has 1 aliphatic rings. The lowest BCUT2D eigenvalue weighted by molar-refractivity contribution is 0.277. The molecule has 2 aromatic rings. The van der Waals surface area contributed by atoms with E-state index in [1.54, 1.807) is 0 Å². The largest absolute Gasteiger partial charge is 0.300 e. The summed E-state index contributed by atoms with van der Waals surface area (Å²) in [6, 6.07) is 20.3. The van der Waals surface area contributed by atoms with Crippen LogP contribution in [0.5, 0.6) is 0 Å². The molecule has 1 heterocycles. The molecule has 0 aromatic heterocycles. The maximum absolute atomic E-state index is 4.67. The van der Waals surface area contributed by atoms with Gasteiger partial charge in [-0.05, 0) is 12.1 Å². The van der Waals surface area contributed by atoms with E-state index in [2.05, 4.69) is 22.7 Å². The van der Waals surface area contributed by atoms with Crippen molar-refractivity contribution in [2.45, 2.75) is 0 Å². The van der Waals surface area contributed by atoms with Crippen LogP contribution in [-0.2, 0) is 0 Å². The van der Waals surface area contributed by atoms with Crippen LogP contribution < -0.4 is 10.4 Å². The van der Waals surface area contributed by atoms with E-state index in [0.717, 1.165) is 17.1 Å². The molecule has 0 aliphatic carbocycles. The Balaban J connectivity index is 1.95. The molecule has 0 fully saturated rings. The maximum atomic E-state index is 4.67. The lowest BCUT2D eigenvalue weighted by atomic mass is 10.2. The van der Waals surface area contributed by atoms with Crippen molar-refractivity contribution >= 4 is 11.5 Å². The molecule has 1 aliphatic heterocycles. The lowest BCUT2D eigenvalue weighted by Crippen LogP contribution is -2.50. The minimum atomic E-state index is 0.709. The Kier molecular flexibility index (Phi) is 3.16. The molecular formula is C15H16N4. The summed E-state index contributed by atoms with van der Waals surface area (Å²) in [6.45, 7) is 0.709. The van der Waals surface area contributed by atoms with Crippen molar-refractivity contribution in [2.75, 3.05) is 18.7 Å². The van der Waals surface area contributed by atoms with Crippen LogP contribution >= 0.6 is 0 Å². The number of hydrogen-bond donors (Lipinski definition) is 1. The van der Waals surface area contributed by atoms with Gasteiger partial charge in [-0.3, -0.25) is 5.43 Å². The number of hydrogen-bond acceptors (Lipinski definition) is 4. The van der Waals surface area contributed by atoms with E-state index in [1.165, 1.54) is 0 Å². The fourth-order valence-electron chi connectivity index (χ4n) is 2.05. The maximum Gasteiger partial charge on any atom is 0.168 e. The molecule has 0 radical (unpaired) electrons. The third-order valence-corrected chi connectivity index (χ3v) is 2.97. The molecule has 19 heavy (non-hydrogen) atoms. The van der Waals surface area contributed by atoms with Crippen molar-refractivity contribution < 1.29 is 0 Å². The molecule has 0 saturated heterocycles. The van der Waals surface area contributed by atoms with Crippen LogP contribution in [0, 0.1) is 0 Å². The molecule has 4 heteroatoms. The number of benzene rings is 2. The van der Waals surface area contributed by atoms with Crippen molar-refractivity contribution in [3.63, 3.8) is 0 Å². The summed E-state index contributed by atoms with van der Waals surface area (Å²) in [4.78, 5) is 0. The first-order valence-corrected chi connectivity index (χ1v) is 6.27. The van der Waals surface area contributed by atoms with Crippen LogP contribution in [0.3, 0.4) is 0 Å². The van der Waals surface area contributed by atoms with Crippen molar-refractivity contribution in [1.29, 1.82) is 0 Å². The Morgan fingerprint density at radius 1 is 0.947 bits per heavy atom. The van der Waals surface area contributed by atoms with Gasteiger partial charge in [0.2, 0.25) is 0 Å². The molecule has 0 atom stereocenters. The number of para-hydroxylation sites is 1. The molecular weight excluding hydrogens is 236 g/mol. The van der Waals surface area contributed by atoms with Crippen LogP contribution in [0.15, 0.2) is 65.8 Å². The molecule has 2 aromatic carbocycles. The van der Waals surface area contributed by atoms with Gasteiger partial charge in [-0.15, -0.1) is 0 Å². The van der Waals surface area contributed by atoms with Gasteiger partial charge in [-0.25, -0.2) is 10.0 Å². The number of hydrazone groups is 1. The van der Waals surface area contributed by atoms with Crippen LogP contribution in [0.25, 0.3) is 0 Å². The monoisotopic (exact) mass is 252 g/mol. The molecule has 0 saturated carbocycles. The quantitative estimate of drug-likeness (QED) is 0.889. The number of rotatable bonds is 2. The summed E-state index contributed by atoms with van der Waals surface area (Å²) in [5.74, 6) is 0.859. The second-order valence-corrected chi connectivity index (χ2v) is 4.50. The van der Waals surface area contributed by atoms with E-state index in [4.69, 9.17) is 0 Å². The smallest absolute Gasteiger partial charge is 0.168 e. The van der Waals surface area contributed by atoms with E-state index >= 15 is 0 Å². The predicted octanol–water partition coefficient (Wildman–Crippen LogP) is 2.26. The first-order chi connectivity index (χ1) is 9.33. The zero-order valence-corrected chi connectivity index (χ0v) is 10.8. The molecule has 0 bridgehead atoms. The summed E-state index contributed by atoms with van der Waals surface area (Å²) in [5, 5.41) is 8.67. The van der Waals surface area contributed by atoms with E-state index in [0.29, 0.717) is 6.67 Å². The SMILES string of the molecule is CN1CN(c2ccccc2)N=C(c2ccccc2)N1. The van der Waals surface area contributed by atoms with Crippen LogP contribution in [0.1, 0.15) is 5.56 Å². The fraction of sp³-hybridized carbons (Fsp3) is 0.133. The number of anilines is 1. The number of amidine groups is 1. The van der Waals surface area contributed by atoms with Crippen molar-refractivity contribution in [3.8, 4) is 0 Å². The summed E-state index contributed by atoms with van der Waals surface area (Å²) in [6.07, 6.45) is 0. The second kappa shape index (κ2) is 5.12. The van der Waals surface area contributed by atoms with Gasteiger partial charge in [0.1, 0.15) is 6.67 Å². The molecule has 0 spiro atoms. The summed E-state index contributed by atoms with van der Waals surface area (Å²) >= 11 is 0. The molecule has 1 N–H and O–H groups in total. The molecule has 0 amide bonds. The molecule has 96 valence electrons. The Bertz CT molecular complexity index is 565. The van der Waals surface area contributed by atoms with E-state index in [9.17, 15) is 0 Å². The average molecular weight is 252 g/mol. The van der Waals surface area contributed by atoms with Crippen molar-refractivity contribution in [3.05, 3.63) is 66.2 Å². The highest BCUT2D eigenvalue weighted by Gasteiger charge is 2.17. The zero-order valence-electron chi connectivity index (χ0n) is 10.8. The van der Waals surface area contributed by atoms with E-state index in [-0.39, 0.29) is 0 Å². The first-order valence-electron chi connectivity index (χ1n) is 6.27. The third-order valence-electron chi connectivity index (χ3n) is 2.97. The second-order valence-electron chi connectivity index (χ2n) is 4.50. The van der Waals surface area contributed by atoms with Gasteiger partial charge in [0.25, 0.3) is 0 Å². The first kappa shape index (κ1) is 11.7. The van der Waals surface area contributed by atoms with Gasteiger partial charge >= 0.3 is 0 Å². The van der Waals surface area contributed by atoms with Gasteiger partial charge < -0.3 is 0 Å². The Morgan fingerprint density at radius 2 is 1.58 bits per heavy atom. The highest BCUT2D eigenvalue weighted by atomic mass is 15.7. The van der Waals surface area contributed by atoms with Crippen molar-refractivity contribution in [2.24, 2.45) is 5.10 Å². The number of nitrogens with zero attached hydrogens (tertiary/aromatic N) is 3. The van der Waals surface area contributed by atoms with Gasteiger partial charge in [-0.1, -0.05) is 48.5 Å². The highest BCUT2D eigenvalue weighted by molar-refractivity contribution is 5.99. The van der Waals surface area contributed by atoms with E-state index < -0.39 is 0 Å². The van der Waals surface area contributed by atoms with Gasteiger partial charge in [0.15, 0.2) is 5.84 Å². The lowest BCUT2D eigenvalue weighted by Gasteiger charge is -2.32. The topological polar surface area (TPSA) is 30.9 Å². The molecule has 4 nitrogen and oxygen atoms in total. The van der Waals surface area contributed by atoms with Crippen molar-refractivity contribution in [1.82, 2.24) is 10.4 Å². The van der Waals surface area contributed by atoms with Gasteiger partial charge in [0, 0.05) is 12.6 Å². The average Bonchev–Trinajstić information content (AvgIpc) is 2.48.